The van der Waals surface area contributed by atoms with Crippen LogP contribution < -0.4 is 5.32 Å². The third kappa shape index (κ3) is 2.18. The molecule has 0 aliphatic carbocycles. The topological polar surface area (TPSA) is 40.7 Å². The average molecular weight is 201 g/mol. The lowest BCUT2D eigenvalue weighted by Gasteiger charge is -1.98. The highest BCUT2D eigenvalue weighted by molar-refractivity contribution is 5.33. The van der Waals surface area contributed by atoms with Gasteiger partial charge in [0.1, 0.15) is 0 Å². The van der Waals surface area contributed by atoms with E-state index in [1.54, 1.807) is 0 Å². The van der Waals surface area contributed by atoms with Crippen molar-refractivity contribution in [2.24, 2.45) is 0 Å². The monoisotopic (exact) mass is 201 g/mol. The standard InChI is InChI=1S/C12H15N3/c1-9-11(15-12(13-2)14-9)8-10-6-4-3-5-7-10/h3-7H,8H2,1-2H3,(H2,13,14,15). The van der Waals surface area contributed by atoms with Gasteiger partial charge < -0.3 is 10.3 Å². The first kappa shape index (κ1) is 9.77. The van der Waals surface area contributed by atoms with Gasteiger partial charge in [-0.3, -0.25) is 0 Å². The number of benzene rings is 1. The molecule has 0 bridgehead atoms. The zero-order valence-corrected chi connectivity index (χ0v) is 9.04. The summed E-state index contributed by atoms with van der Waals surface area (Å²) in [6.45, 7) is 2.05. The van der Waals surface area contributed by atoms with Gasteiger partial charge in [0.2, 0.25) is 0 Å². The van der Waals surface area contributed by atoms with Gasteiger partial charge in [0, 0.05) is 19.2 Å². The second-order valence-corrected chi connectivity index (χ2v) is 3.57. The number of aryl methyl sites for hydroxylation is 1. The maximum atomic E-state index is 4.46. The largest absolute Gasteiger partial charge is 0.359 e. The predicted octanol–water partition coefficient (Wildman–Crippen LogP) is 2.35. The molecule has 0 atom stereocenters. The summed E-state index contributed by atoms with van der Waals surface area (Å²) in [6, 6.07) is 10.4. The number of aromatic amines is 1. The van der Waals surface area contributed by atoms with Crippen molar-refractivity contribution in [1.29, 1.82) is 0 Å². The zero-order valence-electron chi connectivity index (χ0n) is 9.04. The first-order valence-corrected chi connectivity index (χ1v) is 5.07. The van der Waals surface area contributed by atoms with Crippen LogP contribution in [0, 0.1) is 6.92 Å². The van der Waals surface area contributed by atoms with E-state index in [2.05, 4.69) is 39.6 Å². The van der Waals surface area contributed by atoms with Gasteiger partial charge in [-0.25, -0.2) is 4.98 Å². The number of aromatic nitrogens is 2. The molecule has 0 saturated heterocycles. The molecule has 0 saturated carbocycles. The second kappa shape index (κ2) is 4.17. The molecule has 0 aliphatic rings. The van der Waals surface area contributed by atoms with Gasteiger partial charge in [-0.05, 0) is 12.5 Å². The molecule has 1 aromatic heterocycles. The summed E-state index contributed by atoms with van der Waals surface area (Å²) in [7, 11) is 1.87. The van der Waals surface area contributed by atoms with E-state index in [1.807, 2.05) is 20.0 Å². The van der Waals surface area contributed by atoms with Crippen LogP contribution in [0.25, 0.3) is 0 Å². The molecule has 0 unspecified atom stereocenters. The molecule has 1 aromatic carbocycles. The fourth-order valence-electron chi connectivity index (χ4n) is 1.58. The fourth-order valence-corrected chi connectivity index (χ4v) is 1.58. The number of rotatable bonds is 3. The van der Waals surface area contributed by atoms with Crippen LogP contribution in [0.4, 0.5) is 5.95 Å². The number of anilines is 1. The van der Waals surface area contributed by atoms with Gasteiger partial charge in [-0.1, -0.05) is 30.3 Å². The highest BCUT2D eigenvalue weighted by Gasteiger charge is 2.05. The smallest absolute Gasteiger partial charge is 0.200 e. The highest BCUT2D eigenvalue weighted by atomic mass is 15.1. The predicted molar refractivity (Wildman–Crippen MR) is 62.1 cm³/mol. The molecule has 1 heterocycles. The van der Waals surface area contributed by atoms with Gasteiger partial charge >= 0.3 is 0 Å². The molecule has 15 heavy (non-hydrogen) atoms. The molecule has 78 valence electrons. The molecule has 2 aromatic rings. The molecule has 0 amide bonds. The summed E-state index contributed by atoms with van der Waals surface area (Å²) in [5.41, 5.74) is 3.52. The van der Waals surface area contributed by atoms with Crippen molar-refractivity contribution >= 4 is 5.95 Å². The third-order valence-corrected chi connectivity index (χ3v) is 2.44. The minimum atomic E-state index is 0.832. The van der Waals surface area contributed by atoms with Crippen LogP contribution in [-0.4, -0.2) is 17.0 Å². The molecule has 0 fully saturated rings. The summed E-state index contributed by atoms with van der Waals surface area (Å²) in [5, 5.41) is 3.01. The molecule has 2 N–H and O–H groups in total. The number of hydrogen-bond donors (Lipinski definition) is 2. The van der Waals surface area contributed by atoms with Crippen molar-refractivity contribution in [3.63, 3.8) is 0 Å². The molecule has 2 rings (SSSR count). The maximum absolute atomic E-state index is 4.46. The molecular formula is C12H15N3. The Kier molecular flexibility index (Phi) is 2.72. The first-order valence-electron chi connectivity index (χ1n) is 5.07. The van der Waals surface area contributed by atoms with Crippen LogP contribution in [-0.2, 0) is 6.42 Å². The Morgan fingerprint density at radius 1 is 1.27 bits per heavy atom. The van der Waals surface area contributed by atoms with Gasteiger partial charge in [0.15, 0.2) is 5.95 Å². The Labute approximate surface area is 89.6 Å². The van der Waals surface area contributed by atoms with Gasteiger partial charge in [0.05, 0.1) is 5.69 Å². The quantitative estimate of drug-likeness (QED) is 0.800. The third-order valence-electron chi connectivity index (χ3n) is 2.44. The van der Waals surface area contributed by atoms with E-state index >= 15 is 0 Å². The summed E-state index contributed by atoms with van der Waals surface area (Å²) in [4.78, 5) is 7.65. The number of nitrogens with zero attached hydrogens (tertiary/aromatic N) is 1. The lowest BCUT2D eigenvalue weighted by molar-refractivity contribution is 1.08. The van der Waals surface area contributed by atoms with E-state index in [0.29, 0.717) is 0 Å². The lowest BCUT2D eigenvalue weighted by Crippen LogP contribution is -1.91. The molecule has 0 radical (unpaired) electrons. The minimum Gasteiger partial charge on any atom is -0.359 e. The van der Waals surface area contributed by atoms with Crippen LogP contribution in [0.5, 0.6) is 0 Å². The number of imidazole rings is 1. The van der Waals surface area contributed by atoms with E-state index in [0.717, 1.165) is 23.8 Å². The van der Waals surface area contributed by atoms with Crippen molar-refractivity contribution in [2.45, 2.75) is 13.3 Å². The van der Waals surface area contributed by atoms with Gasteiger partial charge in [-0.15, -0.1) is 0 Å². The Morgan fingerprint density at radius 3 is 2.60 bits per heavy atom. The van der Waals surface area contributed by atoms with Crippen molar-refractivity contribution < 1.29 is 0 Å². The Balaban J connectivity index is 2.21. The van der Waals surface area contributed by atoms with Crippen LogP contribution in [0.3, 0.4) is 0 Å². The van der Waals surface area contributed by atoms with E-state index < -0.39 is 0 Å². The average Bonchev–Trinajstić information content (AvgIpc) is 2.61. The fraction of sp³-hybridized carbons (Fsp3) is 0.250. The minimum absolute atomic E-state index is 0.832. The molecule has 0 aliphatic heterocycles. The molecule has 3 nitrogen and oxygen atoms in total. The molecular weight excluding hydrogens is 186 g/mol. The summed E-state index contributed by atoms with van der Waals surface area (Å²) < 4.78 is 0. The number of nitrogens with one attached hydrogen (secondary N) is 2. The van der Waals surface area contributed by atoms with Crippen molar-refractivity contribution in [1.82, 2.24) is 9.97 Å². The van der Waals surface area contributed by atoms with Crippen LogP contribution in [0.2, 0.25) is 0 Å². The maximum Gasteiger partial charge on any atom is 0.200 e. The van der Waals surface area contributed by atoms with Gasteiger partial charge in [-0.2, -0.15) is 0 Å². The molecule has 3 heteroatoms. The summed E-state index contributed by atoms with van der Waals surface area (Å²) >= 11 is 0. The van der Waals surface area contributed by atoms with Crippen LogP contribution in [0.15, 0.2) is 30.3 Å². The normalized spacial score (nSPS) is 10.3. The number of H-pyrrole nitrogens is 1. The second-order valence-electron chi connectivity index (χ2n) is 3.57. The van der Waals surface area contributed by atoms with E-state index in [-0.39, 0.29) is 0 Å². The van der Waals surface area contributed by atoms with Crippen molar-refractivity contribution in [2.75, 3.05) is 12.4 Å². The van der Waals surface area contributed by atoms with Crippen molar-refractivity contribution in [3.05, 3.63) is 47.3 Å². The van der Waals surface area contributed by atoms with Crippen LogP contribution >= 0.6 is 0 Å². The van der Waals surface area contributed by atoms with Crippen molar-refractivity contribution in [3.8, 4) is 0 Å². The van der Waals surface area contributed by atoms with E-state index in [4.69, 9.17) is 0 Å². The highest BCUT2D eigenvalue weighted by Crippen LogP contribution is 2.13. The zero-order chi connectivity index (χ0) is 10.7. The molecule has 0 spiro atoms. The van der Waals surface area contributed by atoms with Crippen LogP contribution in [0.1, 0.15) is 17.0 Å². The number of hydrogen-bond acceptors (Lipinski definition) is 2. The Hall–Kier alpha value is -1.77. The SMILES string of the molecule is CNc1nc(Cc2ccccc2)c(C)[nH]1. The lowest BCUT2D eigenvalue weighted by atomic mass is 10.1. The van der Waals surface area contributed by atoms with Gasteiger partial charge in [0.25, 0.3) is 0 Å². The van der Waals surface area contributed by atoms with E-state index in [1.165, 1.54) is 5.56 Å². The summed E-state index contributed by atoms with van der Waals surface area (Å²) in [6.07, 6.45) is 0.880. The Bertz CT molecular complexity index is 431. The van der Waals surface area contributed by atoms with E-state index in [9.17, 15) is 0 Å². The first-order chi connectivity index (χ1) is 7.29. The summed E-state index contributed by atoms with van der Waals surface area (Å²) in [5.74, 6) is 0.832. The Morgan fingerprint density at radius 2 is 2.00 bits per heavy atom.